The van der Waals surface area contributed by atoms with E-state index in [9.17, 15) is 4.79 Å². The Kier molecular flexibility index (Phi) is 10.4. The van der Waals surface area contributed by atoms with Gasteiger partial charge in [-0.2, -0.15) is 0 Å². The summed E-state index contributed by atoms with van der Waals surface area (Å²) >= 11 is 3.53. The van der Waals surface area contributed by atoms with Crippen molar-refractivity contribution >= 4 is 33.8 Å². The second kappa shape index (κ2) is 14.8. The molecular formula is C36H35BrN2O4. The van der Waals surface area contributed by atoms with Crippen molar-refractivity contribution in [3.05, 3.63) is 142 Å². The number of ether oxygens (including phenoxy) is 2. The van der Waals surface area contributed by atoms with Gasteiger partial charge in [0.1, 0.15) is 5.75 Å². The molecule has 1 amide bonds. The molecule has 1 aliphatic heterocycles. The number of rotatable bonds is 13. The van der Waals surface area contributed by atoms with E-state index in [1.807, 2.05) is 109 Å². The molecule has 0 saturated carbocycles. The fraction of sp³-hybridized carbons (Fsp3) is 0.222. The van der Waals surface area contributed by atoms with E-state index in [1.54, 1.807) is 0 Å². The van der Waals surface area contributed by atoms with Crippen LogP contribution in [0, 0.1) is 0 Å². The molecular weight excluding hydrogens is 604 g/mol. The van der Waals surface area contributed by atoms with Crippen LogP contribution in [-0.2, 0) is 16.0 Å². The van der Waals surface area contributed by atoms with E-state index < -0.39 is 11.6 Å². The summed E-state index contributed by atoms with van der Waals surface area (Å²) in [6.45, 7) is 0.984. The third kappa shape index (κ3) is 7.80. The first-order chi connectivity index (χ1) is 21.1. The maximum absolute atomic E-state index is 14.2. The van der Waals surface area contributed by atoms with Crippen LogP contribution in [0.15, 0.2) is 125 Å². The van der Waals surface area contributed by atoms with Crippen LogP contribution in [0.4, 0.5) is 0 Å². The summed E-state index contributed by atoms with van der Waals surface area (Å²) in [6, 6.07) is 35.4. The summed E-state index contributed by atoms with van der Waals surface area (Å²) in [5, 5.41) is 12.2. The quantitative estimate of drug-likeness (QED) is 0.156. The van der Waals surface area contributed by atoms with Crippen molar-refractivity contribution in [3.63, 3.8) is 0 Å². The minimum Gasteiger partial charge on any atom is -0.494 e. The molecule has 1 heterocycles. The van der Waals surface area contributed by atoms with E-state index in [1.165, 1.54) is 0 Å². The summed E-state index contributed by atoms with van der Waals surface area (Å²) in [6.07, 6.45) is 4.99. The predicted octanol–water partition coefficient (Wildman–Crippen LogP) is 6.93. The summed E-state index contributed by atoms with van der Waals surface area (Å²) in [5.41, 5.74) is 2.57. The van der Waals surface area contributed by atoms with Crippen molar-refractivity contribution in [2.45, 2.75) is 30.9 Å². The second-order valence-electron chi connectivity index (χ2n) is 10.3. The van der Waals surface area contributed by atoms with Gasteiger partial charge in [-0.25, -0.2) is 4.99 Å². The molecule has 5 rings (SSSR count). The number of aliphatic hydroxyl groups excluding tert-OH is 1. The number of benzene rings is 4. The molecule has 0 fully saturated rings. The lowest BCUT2D eigenvalue weighted by atomic mass is 9.84. The van der Waals surface area contributed by atoms with Crippen LogP contribution < -0.4 is 10.1 Å². The summed E-state index contributed by atoms with van der Waals surface area (Å²) < 4.78 is 13.2. The summed E-state index contributed by atoms with van der Waals surface area (Å²) in [7, 11) is 0. The Morgan fingerprint density at radius 3 is 2.35 bits per heavy atom. The number of nitrogens with one attached hydrogen (secondary N) is 1. The molecule has 4 aromatic carbocycles. The van der Waals surface area contributed by atoms with E-state index >= 15 is 0 Å². The average Bonchev–Trinajstić information content (AvgIpc) is 3.43. The van der Waals surface area contributed by atoms with E-state index in [2.05, 4.69) is 33.4 Å². The largest absolute Gasteiger partial charge is 0.494 e. The predicted molar refractivity (Wildman–Crippen MR) is 174 cm³/mol. The zero-order valence-corrected chi connectivity index (χ0v) is 25.5. The van der Waals surface area contributed by atoms with Gasteiger partial charge in [0.15, 0.2) is 11.6 Å². The first-order valence-corrected chi connectivity index (χ1v) is 15.3. The molecule has 6 nitrogen and oxygen atoms in total. The highest BCUT2D eigenvalue weighted by molar-refractivity contribution is 9.10. The first-order valence-electron chi connectivity index (χ1n) is 14.5. The fourth-order valence-electron chi connectivity index (χ4n) is 5.01. The van der Waals surface area contributed by atoms with Crippen molar-refractivity contribution < 1.29 is 19.4 Å². The van der Waals surface area contributed by atoms with Crippen LogP contribution in [0.1, 0.15) is 41.2 Å². The van der Waals surface area contributed by atoms with Gasteiger partial charge in [-0.15, -0.1) is 0 Å². The lowest BCUT2D eigenvalue weighted by Crippen LogP contribution is -2.48. The maximum atomic E-state index is 14.2. The monoisotopic (exact) mass is 638 g/mol. The topological polar surface area (TPSA) is 80.2 Å². The third-order valence-corrected chi connectivity index (χ3v) is 7.81. The first kappa shape index (κ1) is 30.3. The van der Waals surface area contributed by atoms with Crippen LogP contribution in [-0.4, -0.2) is 42.2 Å². The van der Waals surface area contributed by atoms with Crippen LogP contribution in [0.5, 0.6) is 5.75 Å². The van der Waals surface area contributed by atoms with Gasteiger partial charge in [0.05, 0.1) is 6.61 Å². The number of hydrogen-bond donors (Lipinski definition) is 2. The summed E-state index contributed by atoms with van der Waals surface area (Å²) in [4.78, 5) is 19.3. The number of carbonyl (C=O) groups excluding carboxylic acids is 1. The number of halogens is 1. The summed E-state index contributed by atoms with van der Waals surface area (Å²) in [5.74, 6) is 0.908. The van der Waals surface area contributed by atoms with Gasteiger partial charge in [0, 0.05) is 36.0 Å². The van der Waals surface area contributed by atoms with Gasteiger partial charge < -0.3 is 19.9 Å². The Morgan fingerprint density at radius 1 is 0.953 bits per heavy atom. The molecule has 43 heavy (non-hydrogen) atoms. The minimum atomic E-state index is -1.23. The zero-order valence-electron chi connectivity index (χ0n) is 23.9. The Bertz CT molecular complexity index is 1520. The van der Waals surface area contributed by atoms with Crippen molar-refractivity contribution in [3.8, 4) is 5.75 Å². The normalized spacial score (nSPS) is 17.8. The van der Waals surface area contributed by atoms with E-state index in [4.69, 9.17) is 19.6 Å². The van der Waals surface area contributed by atoms with Crippen LogP contribution in [0.3, 0.4) is 0 Å². The number of nitrogens with zero attached hydrogens (tertiary/aromatic N) is 1. The molecule has 0 aromatic heterocycles. The molecule has 4 aromatic rings. The van der Waals surface area contributed by atoms with Crippen LogP contribution in [0.25, 0.3) is 6.08 Å². The van der Waals surface area contributed by atoms with Crippen LogP contribution in [0.2, 0.25) is 0 Å². The van der Waals surface area contributed by atoms with Gasteiger partial charge in [-0.05, 0) is 59.5 Å². The molecule has 0 unspecified atom stereocenters. The molecule has 7 heteroatoms. The van der Waals surface area contributed by atoms with Gasteiger partial charge >= 0.3 is 0 Å². The highest BCUT2D eigenvalue weighted by atomic mass is 79.9. The van der Waals surface area contributed by atoms with Gasteiger partial charge in [-0.1, -0.05) is 101 Å². The second-order valence-corrected chi connectivity index (χ2v) is 11.3. The molecule has 2 atom stereocenters. The Morgan fingerprint density at radius 2 is 1.65 bits per heavy atom. The lowest BCUT2D eigenvalue weighted by Gasteiger charge is -2.30. The Balaban J connectivity index is 1.48. The molecule has 0 aliphatic carbocycles. The molecule has 0 bridgehead atoms. The van der Waals surface area contributed by atoms with Gasteiger partial charge in [0.25, 0.3) is 5.91 Å². The number of hydrogen-bond acceptors (Lipinski definition) is 5. The van der Waals surface area contributed by atoms with Crippen molar-refractivity contribution in [2.75, 3.05) is 19.8 Å². The molecule has 0 radical (unpaired) electrons. The molecule has 220 valence electrons. The molecule has 0 spiro atoms. The fourth-order valence-corrected chi connectivity index (χ4v) is 5.27. The Labute approximate surface area is 261 Å². The van der Waals surface area contributed by atoms with E-state index in [0.29, 0.717) is 44.1 Å². The highest BCUT2D eigenvalue weighted by Gasteiger charge is 2.52. The number of carbonyl (C=O) groups is 1. The SMILES string of the molecule is O=C(NCCc1ccccc1)[C@]1(C/C=C/c2ccccc2)N=C(c2ccc(OCCCO)cc2)O[C@@H]1c1ccc(Br)cc1. The molecule has 0 saturated heterocycles. The maximum Gasteiger partial charge on any atom is 0.252 e. The number of amides is 1. The van der Waals surface area contributed by atoms with E-state index in [0.717, 1.165) is 26.7 Å². The number of aliphatic imine (C=N–C) groups is 1. The van der Waals surface area contributed by atoms with Crippen molar-refractivity contribution in [1.82, 2.24) is 5.32 Å². The smallest absolute Gasteiger partial charge is 0.252 e. The minimum absolute atomic E-state index is 0.0778. The highest BCUT2D eigenvalue weighted by Crippen LogP contribution is 2.43. The standard InChI is InChI=1S/C36H35BrN2O4/c37-31-18-14-29(15-19-31)33-36(23-7-13-27-9-3-1-4-10-27,35(41)38-24-22-28-11-5-2-6-12-28)39-34(43-33)30-16-20-32(21-17-30)42-26-8-25-40/h1-7,9-21,33,40H,8,22-26H2,(H,38,41)/b13-7+/t33-,36-/m1/s1. The average molecular weight is 640 g/mol. The Hall–Kier alpha value is -4.20. The third-order valence-electron chi connectivity index (χ3n) is 7.28. The van der Waals surface area contributed by atoms with Gasteiger partial charge in [0.2, 0.25) is 5.90 Å². The van der Waals surface area contributed by atoms with E-state index in [-0.39, 0.29) is 12.5 Å². The van der Waals surface area contributed by atoms with Crippen LogP contribution >= 0.6 is 15.9 Å². The van der Waals surface area contributed by atoms with Crippen molar-refractivity contribution in [1.29, 1.82) is 0 Å². The van der Waals surface area contributed by atoms with Gasteiger partial charge in [-0.3, -0.25) is 4.79 Å². The molecule has 1 aliphatic rings. The molecule has 2 N–H and O–H groups in total. The zero-order chi connectivity index (χ0) is 29.9. The van der Waals surface area contributed by atoms with Crippen molar-refractivity contribution in [2.24, 2.45) is 4.99 Å². The number of aliphatic hydroxyl groups is 1. The lowest BCUT2D eigenvalue weighted by molar-refractivity contribution is -0.128.